The highest BCUT2D eigenvalue weighted by atomic mass is 16.6. The van der Waals surface area contributed by atoms with E-state index in [-0.39, 0.29) is 10.6 Å². The van der Waals surface area contributed by atoms with Crippen molar-refractivity contribution >= 4 is 5.69 Å². The summed E-state index contributed by atoms with van der Waals surface area (Å²) in [4.78, 5) is 10.6. The highest BCUT2D eigenvalue weighted by Gasteiger charge is 2.46. The van der Waals surface area contributed by atoms with E-state index in [2.05, 4.69) is 12.2 Å². The Morgan fingerprint density at radius 1 is 1.50 bits per heavy atom. The first-order valence-electron chi connectivity index (χ1n) is 6.40. The number of nitro benzene ring substituents is 1. The minimum absolute atomic E-state index is 0.236. The first-order chi connectivity index (χ1) is 8.50. The van der Waals surface area contributed by atoms with Crippen LogP contribution in [0.4, 0.5) is 5.69 Å². The van der Waals surface area contributed by atoms with Crippen LogP contribution in [0.25, 0.3) is 0 Å². The zero-order valence-corrected chi connectivity index (χ0v) is 11.2. The summed E-state index contributed by atoms with van der Waals surface area (Å²) in [5.74, 6) is 0. The van der Waals surface area contributed by atoms with Crippen molar-refractivity contribution in [2.75, 3.05) is 7.05 Å². The number of nitro groups is 1. The summed E-state index contributed by atoms with van der Waals surface area (Å²) >= 11 is 0. The molecule has 1 fully saturated rings. The molecule has 1 aliphatic rings. The lowest BCUT2D eigenvalue weighted by Crippen LogP contribution is -2.33. The van der Waals surface area contributed by atoms with Gasteiger partial charge in [0, 0.05) is 17.7 Å². The molecule has 1 N–H and O–H groups in total. The molecule has 1 aromatic carbocycles. The summed E-state index contributed by atoms with van der Waals surface area (Å²) < 4.78 is 0. The number of hydrogen-bond donors (Lipinski definition) is 1. The van der Waals surface area contributed by atoms with Crippen LogP contribution in [0.3, 0.4) is 0 Å². The lowest BCUT2D eigenvalue weighted by molar-refractivity contribution is -0.385. The lowest BCUT2D eigenvalue weighted by atomic mass is 9.88. The molecule has 1 saturated carbocycles. The van der Waals surface area contributed by atoms with Gasteiger partial charge in [-0.3, -0.25) is 10.1 Å². The molecular formula is C14H20N2O2. The monoisotopic (exact) mass is 248 g/mol. The molecule has 1 atom stereocenters. The molecule has 0 bridgehead atoms. The molecule has 18 heavy (non-hydrogen) atoms. The van der Waals surface area contributed by atoms with Gasteiger partial charge in [-0.2, -0.15) is 0 Å². The minimum atomic E-state index is -0.292. The Morgan fingerprint density at radius 3 is 2.67 bits per heavy atom. The summed E-state index contributed by atoms with van der Waals surface area (Å²) in [6.45, 7) is 4.05. The predicted molar refractivity (Wildman–Crippen MR) is 71.7 cm³/mol. The summed E-state index contributed by atoms with van der Waals surface area (Å²) in [5, 5.41) is 14.2. The van der Waals surface area contributed by atoms with E-state index in [9.17, 15) is 10.1 Å². The van der Waals surface area contributed by atoms with E-state index >= 15 is 0 Å². The van der Waals surface area contributed by atoms with Gasteiger partial charge in [0.1, 0.15) is 0 Å². The van der Waals surface area contributed by atoms with Crippen LogP contribution in [0.1, 0.15) is 30.9 Å². The maximum Gasteiger partial charge on any atom is 0.272 e. The van der Waals surface area contributed by atoms with Gasteiger partial charge in [0.05, 0.1) is 4.92 Å². The van der Waals surface area contributed by atoms with E-state index in [1.807, 2.05) is 20.0 Å². The normalized spacial score (nSPS) is 18.4. The first-order valence-corrected chi connectivity index (χ1v) is 6.40. The highest BCUT2D eigenvalue weighted by molar-refractivity contribution is 5.45. The third-order valence-electron chi connectivity index (χ3n) is 4.40. The van der Waals surface area contributed by atoms with E-state index < -0.39 is 0 Å². The molecule has 0 radical (unpaired) electrons. The van der Waals surface area contributed by atoms with Crippen LogP contribution in [-0.2, 0) is 6.42 Å². The molecule has 4 nitrogen and oxygen atoms in total. The number of hydrogen-bond acceptors (Lipinski definition) is 3. The van der Waals surface area contributed by atoms with Crippen molar-refractivity contribution < 1.29 is 4.92 Å². The maximum atomic E-state index is 10.9. The van der Waals surface area contributed by atoms with Gasteiger partial charge < -0.3 is 5.32 Å². The largest absolute Gasteiger partial charge is 0.317 e. The SMILES string of the molecule is CNC(C)C1(Cc2cccc([N+](=O)[O-])c2C)CC1. The minimum Gasteiger partial charge on any atom is -0.317 e. The third kappa shape index (κ3) is 2.25. The van der Waals surface area contributed by atoms with Crippen LogP contribution in [0.15, 0.2) is 18.2 Å². The molecular weight excluding hydrogens is 228 g/mol. The van der Waals surface area contributed by atoms with Crippen molar-refractivity contribution in [2.45, 2.75) is 39.2 Å². The van der Waals surface area contributed by atoms with Crippen molar-refractivity contribution in [1.29, 1.82) is 0 Å². The summed E-state index contributed by atoms with van der Waals surface area (Å²) in [6, 6.07) is 5.85. The van der Waals surface area contributed by atoms with Crippen molar-refractivity contribution in [3.8, 4) is 0 Å². The van der Waals surface area contributed by atoms with Gasteiger partial charge in [-0.25, -0.2) is 0 Å². The number of rotatable bonds is 5. The Morgan fingerprint density at radius 2 is 2.17 bits per heavy atom. The molecule has 0 spiro atoms. The van der Waals surface area contributed by atoms with Crippen molar-refractivity contribution in [2.24, 2.45) is 5.41 Å². The molecule has 0 aliphatic heterocycles. The third-order valence-corrected chi connectivity index (χ3v) is 4.40. The highest BCUT2D eigenvalue weighted by Crippen LogP contribution is 2.51. The fraction of sp³-hybridized carbons (Fsp3) is 0.571. The van der Waals surface area contributed by atoms with E-state index in [4.69, 9.17) is 0 Å². The molecule has 0 heterocycles. The standard InChI is InChI=1S/C14H20N2O2/c1-10-12(5-4-6-13(10)16(17)18)9-14(7-8-14)11(2)15-3/h4-6,11,15H,7-9H2,1-3H3. The molecule has 2 rings (SSSR count). The zero-order chi connectivity index (χ0) is 13.3. The fourth-order valence-corrected chi connectivity index (χ4v) is 2.67. The van der Waals surface area contributed by atoms with Crippen LogP contribution >= 0.6 is 0 Å². The molecule has 1 aliphatic carbocycles. The second kappa shape index (κ2) is 4.69. The average Bonchev–Trinajstić information content (AvgIpc) is 3.11. The number of benzene rings is 1. The smallest absolute Gasteiger partial charge is 0.272 e. The van der Waals surface area contributed by atoms with Crippen LogP contribution < -0.4 is 5.32 Å². The molecule has 4 heteroatoms. The lowest BCUT2D eigenvalue weighted by Gasteiger charge is -2.23. The Hall–Kier alpha value is -1.42. The van der Waals surface area contributed by atoms with Gasteiger partial charge in [-0.1, -0.05) is 12.1 Å². The molecule has 0 saturated heterocycles. The summed E-state index contributed by atoms with van der Waals surface area (Å²) in [6.07, 6.45) is 3.34. The molecule has 1 unspecified atom stereocenters. The van der Waals surface area contributed by atoms with Gasteiger partial charge in [0.15, 0.2) is 0 Å². The Labute approximate surface area is 108 Å². The Balaban J connectivity index is 2.25. The van der Waals surface area contributed by atoms with E-state index in [0.717, 1.165) is 17.5 Å². The van der Waals surface area contributed by atoms with Crippen LogP contribution in [0.2, 0.25) is 0 Å². The van der Waals surface area contributed by atoms with Crippen LogP contribution in [-0.4, -0.2) is 18.0 Å². The topological polar surface area (TPSA) is 55.2 Å². The van der Waals surface area contributed by atoms with Gasteiger partial charge in [-0.05, 0) is 51.1 Å². The molecule has 98 valence electrons. The van der Waals surface area contributed by atoms with Crippen molar-refractivity contribution in [1.82, 2.24) is 5.32 Å². The van der Waals surface area contributed by atoms with Gasteiger partial charge >= 0.3 is 0 Å². The second-order valence-electron chi connectivity index (χ2n) is 5.37. The molecule has 1 aromatic rings. The summed E-state index contributed by atoms with van der Waals surface area (Å²) in [5.41, 5.74) is 2.47. The van der Waals surface area contributed by atoms with E-state index in [1.54, 1.807) is 12.1 Å². The average molecular weight is 248 g/mol. The van der Waals surface area contributed by atoms with Gasteiger partial charge in [-0.15, -0.1) is 0 Å². The number of nitrogens with zero attached hydrogens (tertiary/aromatic N) is 1. The Bertz CT molecular complexity index is 467. The predicted octanol–water partition coefficient (Wildman–Crippen LogP) is 2.83. The zero-order valence-electron chi connectivity index (χ0n) is 11.2. The quantitative estimate of drug-likeness (QED) is 0.644. The van der Waals surface area contributed by atoms with Crippen molar-refractivity contribution in [3.63, 3.8) is 0 Å². The van der Waals surface area contributed by atoms with Crippen LogP contribution in [0, 0.1) is 22.5 Å². The Kier molecular flexibility index (Phi) is 3.39. The number of nitrogens with one attached hydrogen (secondary N) is 1. The molecule has 0 aromatic heterocycles. The van der Waals surface area contributed by atoms with Gasteiger partial charge in [0.2, 0.25) is 0 Å². The second-order valence-corrected chi connectivity index (χ2v) is 5.37. The first kappa shape index (κ1) is 13.0. The molecule has 0 amide bonds. The van der Waals surface area contributed by atoms with Gasteiger partial charge in [0.25, 0.3) is 5.69 Å². The summed E-state index contributed by atoms with van der Waals surface area (Å²) in [7, 11) is 1.98. The van der Waals surface area contributed by atoms with Crippen molar-refractivity contribution in [3.05, 3.63) is 39.4 Å². The van der Waals surface area contributed by atoms with E-state index in [1.165, 1.54) is 12.8 Å². The fourth-order valence-electron chi connectivity index (χ4n) is 2.67. The van der Waals surface area contributed by atoms with E-state index in [0.29, 0.717) is 11.5 Å². The van der Waals surface area contributed by atoms with Crippen LogP contribution in [0.5, 0.6) is 0 Å². The maximum absolute atomic E-state index is 10.9.